The van der Waals surface area contributed by atoms with E-state index in [1.165, 1.54) is 7.05 Å². The molecule has 0 bridgehead atoms. The molecule has 0 aliphatic heterocycles. The van der Waals surface area contributed by atoms with Gasteiger partial charge in [-0.2, -0.15) is 4.72 Å². The zero-order valence-electron chi connectivity index (χ0n) is 13.1. The molecular formula is C17H14ClFN2O3S. The van der Waals surface area contributed by atoms with E-state index in [1.807, 2.05) is 0 Å². The Morgan fingerprint density at radius 1 is 1.24 bits per heavy atom. The van der Waals surface area contributed by atoms with Crippen LogP contribution in [0.5, 0.6) is 0 Å². The van der Waals surface area contributed by atoms with Gasteiger partial charge >= 0.3 is 0 Å². The molecule has 2 aromatic carbocycles. The maximum atomic E-state index is 13.1. The average Bonchev–Trinajstić information content (AvgIpc) is 2.60. The Bertz CT molecular complexity index is 965. The van der Waals surface area contributed by atoms with Gasteiger partial charge in [-0.1, -0.05) is 35.6 Å². The highest BCUT2D eigenvalue weighted by atomic mass is 35.5. The summed E-state index contributed by atoms with van der Waals surface area (Å²) in [6, 6.07) is 9.81. The summed E-state index contributed by atoms with van der Waals surface area (Å²) >= 11 is 5.59. The molecule has 0 atom stereocenters. The van der Waals surface area contributed by atoms with Gasteiger partial charge in [0.05, 0.1) is 22.0 Å². The van der Waals surface area contributed by atoms with E-state index in [4.69, 9.17) is 11.6 Å². The van der Waals surface area contributed by atoms with Gasteiger partial charge in [-0.05, 0) is 30.3 Å². The van der Waals surface area contributed by atoms with E-state index in [-0.39, 0.29) is 22.4 Å². The van der Waals surface area contributed by atoms with E-state index in [9.17, 15) is 17.6 Å². The summed E-state index contributed by atoms with van der Waals surface area (Å²) in [5.74, 6) is 4.41. The summed E-state index contributed by atoms with van der Waals surface area (Å²) in [7, 11) is -2.36. The first-order valence-corrected chi connectivity index (χ1v) is 8.96. The second-order valence-corrected chi connectivity index (χ2v) is 7.00. The summed E-state index contributed by atoms with van der Waals surface area (Å²) in [4.78, 5) is 11.6. The first kappa shape index (κ1) is 18.9. The molecule has 5 nitrogen and oxygen atoms in total. The summed E-state index contributed by atoms with van der Waals surface area (Å²) < 4.78 is 39.6. The molecule has 2 aromatic rings. The molecule has 0 saturated heterocycles. The highest BCUT2D eigenvalue weighted by molar-refractivity contribution is 7.89. The summed E-state index contributed by atoms with van der Waals surface area (Å²) in [5.41, 5.74) is 0.872. The van der Waals surface area contributed by atoms with Crippen molar-refractivity contribution in [1.82, 2.24) is 10.0 Å². The SMILES string of the molecule is CNC(=O)c1ccccc1C#CCNS(=O)(=O)c1ccc(F)c(Cl)c1. The largest absolute Gasteiger partial charge is 0.355 e. The Labute approximate surface area is 150 Å². The molecule has 2 rings (SSSR count). The zero-order chi connectivity index (χ0) is 18.4. The van der Waals surface area contributed by atoms with E-state index >= 15 is 0 Å². The maximum absolute atomic E-state index is 13.1. The fourth-order valence-electron chi connectivity index (χ4n) is 1.92. The topological polar surface area (TPSA) is 75.3 Å². The van der Waals surface area contributed by atoms with Crippen molar-refractivity contribution in [3.8, 4) is 11.8 Å². The lowest BCUT2D eigenvalue weighted by Gasteiger charge is -2.05. The first-order chi connectivity index (χ1) is 11.8. The third-order valence-corrected chi connectivity index (χ3v) is 4.86. The van der Waals surface area contributed by atoms with Crippen LogP contribution in [0.1, 0.15) is 15.9 Å². The number of sulfonamides is 1. The molecule has 0 spiro atoms. The molecule has 0 radical (unpaired) electrons. The van der Waals surface area contributed by atoms with Crippen molar-refractivity contribution in [1.29, 1.82) is 0 Å². The minimum Gasteiger partial charge on any atom is -0.355 e. The Hall–Kier alpha value is -2.40. The van der Waals surface area contributed by atoms with Crippen molar-refractivity contribution in [2.75, 3.05) is 13.6 Å². The molecule has 0 fully saturated rings. The van der Waals surface area contributed by atoms with Crippen molar-refractivity contribution < 1.29 is 17.6 Å². The molecule has 0 aromatic heterocycles. The Morgan fingerprint density at radius 2 is 1.96 bits per heavy atom. The van der Waals surface area contributed by atoms with E-state index < -0.39 is 15.8 Å². The van der Waals surface area contributed by atoms with Crippen molar-refractivity contribution >= 4 is 27.5 Å². The lowest BCUT2D eigenvalue weighted by atomic mass is 10.1. The molecule has 2 N–H and O–H groups in total. The van der Waals surface area contributed by atoms with Crippen LogP contribution in [0.2, 0.25) is 5.02 Å². The number of benzene rings is 2. The molecule has 0 saturated carbocycles. The smallest absolute Gasteiger partial charge is 0.252 e. The third kappa shape index (κ3) is 4.79. The van der Waals surface area contributed by atoms with Crippen molar-refractivity contribution in [3.05, 3.63) is 64.4 Å². The lowest BCUT2D eigenvalue weighted by Crippen LogP contribution is -2.24. The fraction of sp³-hybridized carbons (Fsp3) is 0.118. The Kier molecular flexibility index (Phi) is 6.15. The van der Waals surface area contributed by atoms with Gasteiger partial charge in [0, 0.05) is 12.6 Å². The van der Waals surface area contributed by atoms with Crippen LogP contribution in [0, 0.1) is 17.7 Å². The minimum absolute atomic E-state index is 0.161. The molecule has 0 heterocycles. The van der Waals surface area contributed by atoms with Gasteiger partial charge in [0.2, 0.25) is 10.0 Å². The zero-order valence-corrected chi connectivity index (χ0v) is 14.7. The standard InChI is InChI=1S/C17H14ClFN2O3S/c1-20-17(22)14-7-3-2-5-12(14)6-4-10-21-25(23,24)13-8-9-16(19)15(18)11-13/h2-3,5,7-9,11,21H,10H2,1H3,(H,20,22). The molecule has 8 heteroatoms. The highest BCUT2D eigenvalue weighted by Crippen LogP contribution is 2.19. The van der Waals surface area contributed by atoms with Gasteiger partial charge < -0.3 is 5.32 Å². The predicted molar refractivity (Wildman–Crippen MR) is 93.3 cm³/mol. The van der Waals surface area contributed by atoms with Crippen LogP contribution in [0.25, 0.3) is 0 Å². The van der Waals surface area contributed by atoms with E-state index in [0.717, 1.165) is 18.2 Å². The fourth-order valence-corrected chi connectivity index (χ4v) is 3.12. The number of rotatable bonds is 4. The Morgan fingerprint density at radius 3 is 2.64 bits per heavy atom. The van der Waals surface area contributed by atoms with Gasteiger partial charge in [-0.15, -0.1) is 0 Å². The predicted octanol–water partition coefficient (Wildman–Crippen LogP) is 2.17. The molecule has 0 aliphatic carbocycles. The number of carbonyl (C=O) groups is 1. The van der Waals surface area contributed by atoms with Crippen LogP contribution in [0.3, 0.4) is 0 Å². The van der Waals surface area contributed by atoms with Crippen molar-refractivity contribution in [2.24, 2.45) is 0 Å². The van der Waals surface area contributed by atoms with Crippen LogP contribution >= 0.6 is 11.6 Å². The van der Waals surface area contributed by atoms with Crippen LogP contribution in [-0.2, 0) is 10.0 Å². The van der Waals surface area contributed by atoms with Gasteiger partial charge in [-0.25, -0.2) is 12.8 Å². The van der Waals surface area contributed by atoms with Gasteiger partial charge in [0.1, 0.15) is 5.82 Å². The number of nitrogens with one attached hydrogen (secondary N) is 2. The number of hydrogen-bond acceptors (Lipinski definition) is 3. The van der Waals surface area contributed by atoms with Crippen LogP contribution in [-0.4, -0.2) is 27.9 Å². The van der Waals surface area contributed by atoms with Crippen LogP contribution in [0.4, 0.5) is 4.39 Å². The normalized spacial score (nSPS) is 10.7. The molecule has 25 heavy (non-hydrogen) atoms. The number of hydrogen-bond donors (Lipinski definition) is 2. The van der Waals surface area contributed by atoms with Gasteiger partial charge in [0.15, 0.2) is 0 Å². The summed E-state index contributed by atoms with van der Waals surface area (Å²) in [5, 5.41) is 2.22. The molecule has 130 valence electrons. The summed E-state index contributed by atoms with van der Waals surface area (Å²) in [6.07, 6.45) is 0. The summed E-state index contributed by atoms with van der Waals surface area (Å²) in [6.45, 7) is -0.181. The second-order valence-electron chi connectivity index (χ2n) is 4.83. The van der Waals surface area contributed by atoms with E-state index in [2.05, 4.69) is 21.9 Å². The van der Waals surface area contributed by atoms with Gasteiger partial charge in [-0.3, -0.25) is 4.79 Å². The van der Waals surface area contributed by atoms with Crippen LogP contribution in [0.15, 0.2) is 47.4 Å². The number of carbonyl (C=O) groups excluding carboxylic acids is 1. The minimum atomic E-state index is -3.87. The average molecular weight is 381 g/mol. The number of amides is 1. The second kappa shape index (κ2) is 8.12. The quantitative estimate of drug-likeness (QED) is 0.798. The highest BCUT2D eigenvalue weighted by Gasteiger charge is 2.14. The maximum Gasteiger partial charge on any atom is 0.252 e. The van der Waals surface area contributed by atoms with Gasteiger partial charge in [0.25, 0.3) is 5.91 Å². The molecule has 0 unspecified atom stereocenters. The van der Waals surface area contributed by atoms with E-state index in [0.29, 0.717) is 11.1 Å². The monoisotopic (exact) mass is 380 g/mol. The third-order valence-electron chi connectivity index (χ3n) is 3.17. The number of halogens is 2. The van der Waals surface area contributed by atoms with E-state index in [1.54, 1.807) is 24.3 Å². The van der Waals surface area contributed by atoms with Crippen molar-refractivity contribution in [2.45, 2.75) is 4.90 Å². The lowest BCUT2D eigenvalue weighted by molar-refractivity contribution is 0.0963. The molecule has 1 amide bonds. The molecular weight excluding hydrogens is 367 g/mol. The molecule has 0 aliphatic rings. The first-order valence-electron chi connectivity index (χ1n) is 7.10. The van der Waals surface area contributed by atoms with Crippen LogP contribution < -0.4 is 10.0 Å². The Balaban J connectivity index is 2.12. The van der Waals surface area contributed by atoms with Crippen molar-refractivity contribution in [3.63, 3.8) is 0 Å².